The number of nitrogen functional groups attached to an aromatic ring is 1. The molecule has 1 aliphatic heterocycles. The summed E-state index contributed by atoms with van der Waals surface area (Å²) >= 11 is 0. The quantitative estimate of drug-likeness (QED) is 0.912. The van der Waals surface area contributed by atoms with E-state index in [1.165, 1.54) is 0 Å². The molecule has 0 radical (unpaired) electrons. The number of aromatic nitrogens is 2. The summed E-state index contributed by atoms with van der Waals surface area (Å²) in [6, 6.07) is 8.33. The zero-order chi connectivity index (χ0) is 14.3. The van der Waals surface area contributed by atoms with E-state index in [9.17, 15) is 0 Å². The summed E-state index contributed by atoms with van der Waals surface area (Å²) in [5.74, 6) is 3.41. The lowest BCUT2D eigenvalue weighted by Gasteiger charge is -2.27. The van der Waals surface area contributed by atoms with Gasteiger partial charge in [0.1, 0.15) is 23.1 Å². The predicted molar refractivity (Wildman–Crippen MR) is 80.8 cm³/mol. The van der Waals surface area contributed by atoms with Crippen molar-refractivity contribution in [3.63, 3.8) is 0 Å². The lowest BCUT2D eigenvalue weighted by Crippen LogP contribution is -2.22. The fourth-order valence-corrected chi connectivity index (χ4v) is 3.17. The molecule has 1 aromatic heterocycles. The largest absolute Gasteiger partial charge is 0.497 e. The van der Waals surface area contributed by atoms with Gasteiger partial charge in [0, 0.05) is 18.0 Å². The van der Waals surface area contributed by atoms with Crippen LogP contribution in [0.1, 0.15) is 32.1 Å². The highest BCUT2D eigenvalue weighted by Gasteiger charge is 2.26. The minimum Gasteiger partial charge on any atom is -0.497 e. The molecule has 1 aliphatic rings. The number of hydrogen-bond donors (Lipinski definition) is 1. The van der Waals surface area contributed by atoms with Crippen LogP contribution in [0.25, 0.3) is 11.3 Å². The first-order chi connectivity index (χ1) is 9.60. The second kappa shape index (κ2) is 4.85. The van der Waals surface area contributed by atoms with E-state index in [1.807, 2.05) is 24.3 Å². The Morgan fingerprint density at radius 2 is 1.95 bits per heavy atom. The topological polar surface area (TPSA) is 53.1 Å². The molecule has 3 rings (SSSR count). The molecule has 0 amide bonds. The lowest BCUT2D eigenvalue weighted by atomic mass is 9.95. The number of anilines is 1. The molecule has 0 spiro atoms. The van der Waals surface area contributed by atoms with Gasteiger partial charge in [-0.1, -0.05) is 6.92 Å². The Morgan fingerprint density at radius 3 is 2.60 bits per heavy atom. The van der Waals surface area contributed by atoms with Crippen LogP contribution in [0.5, 0.6) is 5.75 Å². The molecular weight excluding hydrogens is 250 g/mol. The number of fused-ring (bicyclic) bond motifs is 1. The molecule has 2 unspecified atom stereocenters. The molecule has 2 heterocycles. The fourth-order valence-electron chi connectivity index (χ4n) is 3.17. The summed E-state index contributed by atoms with van der Waals surface area (Å²) in [5.41, 5.74) is 8.27. The smallest absolute Gasteiger partial charge is 0.131 e. The summed E-state index contributed by atoms with van der Waals surface area (Å²) in [7, 11) is 1.67. The molecule has 1 aromatic carbocycles. The Labute approximate surface area is 119 Å². The van der Waals surface area contributed by atoms with Gasteiger partial charge in [-0.2, -0.15) is 0 Å². The Hall–Kier alpha value is -1.97. The molecule has 0 saturated heterocycles. The van der Waals surface area contributed by atoms with Crippen molar-refractivity contribution in [3.05, 3.63) is 30.1 Å². The second-order valence-electron chi connectivity index (χ2n) is 5.75. The lowest BCUT2D eigenvalue weighted by molar-refractivity contribution is 0.346. The molecular formula is C16H21N3O. The molecule has 2 aromatic rings. The molecule has 4 nitrogen and oxygen atoms in total. The van der Waals surface area contributed by atoms with Crippen LogP contribution in [0.4, 0.5) is 5.82 Å². The summed E-state index contributed by atoms with van der Waals surface area (Å²) < 4.78 is 7.38. The number of imidazole rings is 1. The van der Waals surface area contributed by atoms with Gasteiger partial charge in [-0.15, -0.1) is 0 Å². The van der Waals surface area contributed by atoms with Crippen LogP contribution in [-0.2, 0) is 6.42 Å². The van der Waals surface area contributed by atoms with Crippen molar-refractivity contribution in [1.82, 2.24) is 9.55 Å². The number of benzene rings is 1. The minimum absolute atomic E-state index is 0.424. The molecule has 0 fully saturated rings. The molecule has 20 heavy (non-hydrogen) atoms. The van der Waals surface area contributed by atoms with Crippen molar-refractivity contribution in [2.75, 3.05) is 12.8 Å². The van der Waals surface area contributed by atoms with Crippen molar-refractivity contribution in [1.29, 1.82) is 0 Å². The normalized spacial score (nSPS) is 21.6. The number of nitrogens with two attached hydrogens (primary N) is 1. The van der Waals surface area contributed by atoms with Gasteiger partial charge in [-0.3, -0.25) is 0 Å². The number of methoxy groups -OCH3 is 1. The summed E-state index contributed by atoms with van der Waals surface area (Å²) in [6.07, 6.45) is 2.17. The molecule has 2 N–H and O–H groups in total. The van der Waals surface area contributed by atoms with Gasteiger partial charge < -0.3 is 15.0 Å². The monoisotopic (exact) mass is 271 g/mol. The Kier molecular flexibility index (Phi) is 3.16. The predicted octanol–water partition coefficient (Wildman–Crippen LogP) is 3.28. The van der Waals surface area contributed by atoms with Gasteiger partial charge in [-0.25, -0.2) is 4.98 Å². The molecule has 0 bridgehead atoms. The van der Waals surface area contributed by atoms with Crippen LogP contribution in [0, 0.1) is 5.92 Å². The van der Waals surface area contributed by atoms with Crippen LogP contribution in [-0.4, -0.2) is 16.7 Å². The van der Waals surface area contributed by atoms with Crippen LogP contribution >= 0.6 is 0 Å². The summed E-state index contributed by atoms with van der Waals surface area (Å²) in [6.45, 7) is 4.49. The van der Waals surface area contributed by atoms with E-state index < -0.39 is 0 Å². The number of hydrogen-bond acceptors (Lipinski definition) is 3. The van der Waals surface area contributed by atoms with Crippen molar-refractivity contribution >= 4 is 5.82 Å². The van der Waals surface area contributed by atoms with Gasteiger partial charge in [0.05, 0.1) is 7.11 Å². The SMILES string of the molecule is COc1ccc(-c2nc3n(c2N)C(C)CC(C)C3)cc1. The average molecular weight is 271 g/mol. The molecule has 0 aliphatic carbocycles. The third kappa shape index (κ3) is 2.05. The van der Waals surface area contributed by atoms with Crippen molar-refractivity contribution in [3.8, 4) is 17.0 Å². The molecule has 2 atom stereocenters. The van der Waals surface area contributed by atoms with E-state index >= 15 is 0 Å². The Morgan fingerprint density at radius 1 is 1.25 bits per heavy atom. The average Bonchev–Trinajstić information content (AvgIpc) is 2.76. The third-order valence-electron chi connectivity index (χ3n) is 4.10. The van der Waals surface area contributed by atoms with E-state index in [-0.39, 0.29) is 0 Å². The molecule has 0 saturated carbocycles. The maximum absolute atomic E-state index is 6.33. The van der Waals surface area contributed by atoms with E-state index in [2.05, 4.69) is 18.4 Å². The van der Waals surface area contributed by atoms with E-state index in [0.29, 0.717) is 12.0 Å². The van der Waals surface area contributed by atoms with Crippen LogP contribution in [0.3, 0.4) is 0 Å². The standard InChI is InChI=1S/C16H21N3O/c1-10-8-11(2)19-14(9-10)18-15(16(19)17)12-4-6-13(20-3)7-5-12/h4-7,10-11H,8-9,17H2,1-3H3. The number of ether oxygens (including phenoxy) is 1. The van der Waals surface area contributed by atoms with Crippen LogP contribution in [0.15, 0.2) is 24.3 Å². The van der Waals surface area contributed by atoms with Crippen LogP contribution in [0.2, 0.25) is 0 Å². The molecule has 4 heteroatoms. The summed E-state index contributed by atoms with van der Waals surface area (Å²) in [5, 5.41) is 0. The van der Waals surface area contributed by atoms with Gasteiger partial charge >= 0.3 is 0 Å². The summed E-state index contributed by atoms with van der Waals surface area (Å²) in [4.78, 5) is 4.77. The van der Waals surface area contributed by atoms with Gasteiger partial charge in [0.2, 0.25) is 0 Å². The first-order valence-corrected chi connectivity index (χ1v) is 7.11. The third-order valence-corrected chi connectivity index (χ3v) is 4.10. The van der Waals surface area contributed by atoms with Gasteiger partial charge in [0.15, 0.2) is 0 Å². The highest BCUT2D eigenvalue weighted by atomic mass is 16.5. The first kappa shape index (κ1) is 13.0. The molecule has 106 valence electrons. The zero-order valence-corrected chi connectivity index (χ0v) is 12.3. The Bertz CT molecular complexity index is 615. The zero-order valence-electron chi connectivity index (χ0n) is 12.3. The maximum atomic E-state index is 6.33. The minimum atomic E-state index is 0.424. The van der Waals surface area contributed by atoms with E-state index in [1.54, 1.807) is 7.11 Å². The van der Waals surface area contributed by atoms with Gasteiger partial charge in [0.25, 0.3) is 0 Å². The highest BCUT2D eigenvalue weighted by molar-refractivity contribution is 5.71. The highest BCUT2D eigenvalue weighted by Crippen LogP contribution is 2.36. The number of rotatable bonds is 2. The van der Waals surface area contributed by atoms with Crippen LogP contribution < -0.4 is 10.5 Å². The van der Waals surface area contributed by atoms with E-state index in [4.69, 9.17) is 15.5 Å². The van der Waals surface area contributed by atoms with E-state index in [0.717, 1.165) is 41.5 Å². The van der Waals surface area contributed by atoms with Crippen molar-refractivity contribution < 1.29 is 4.74 Å². The second-order valence-corrected chi connectivity index (χ2v) is 5.75. The first-order valence-electron chi connectivity index (χ1n) is 7.11. The number of nitrogens with zero attached hydrogens (tertiary/aromatic N) is 2. The van der Waals surface area contributed by atoms with Crippen molar-refractivity contribution in [2.45, 2.75) is 32.7 Å². The Balaban J connectivity index is 2.04. The van der Waals surface area contributed by atoms with Gasteiger partial charge in [-0.05, 0) is 43.5 Å². The van der Waals surface area contributed by atoms with Crippen molar-refractivity contribution in [2.24, 2.45) is 5.92 Å². The maximum Gasteiger partial charge on any atom is 0.131 e. The fraction of sp³-hybridized carbons (Fsp3) is 0.438.